The van der Waals surface area contributed by atoms with Crippen LogP contribution in [0.3, 0.4) is 0 Å². The molecule has 0 fully saturated rings. The Kier molecular flexibility index (Phi) is 5.74. The van der Waals surface area contributed by atoms with Crippen molar-refractivity contribution in [2.75, 3.05) is 19.1 Å². The van der Waals surface area contributed by atoms with E-state index in [9.17, 15) is 8.78 Å². The van der Waals surface area contributed by atoms with Gasteiger partial charge in [-0.05, 0) is 24.8 Å². The van der Waals surface area contributed by atoms with Crippen LogP contribution in [0.2, 0.25) is 0 Å². The molecule has 5 nitrogen and oxygen atoms in total. The fourth-order valence-corrected chi connectivity index (χ4v) is 1.25. The maximum absolute atomic E-state index is 13.5. The van der Waals surface area contributed by atoms with Crippen LogP contribution in [0.25, 0.3) is 0 Å². The summed E-state index contributed by atoms with van der Waals surface area (Å²) in [5.74, 6) is 4.10. The number of hydrogen-bond donors (Lipinski definition) is 3. The van der Waals surface area contributed by atoms with Gasteiger partial charge in [-0.15, -0.1) is 0 Å². The van der Waals surface area contributed by atoms with Crippen LogP contribution < -0.4 is 21.3 Å². The summed E-state index contributed by atoms with van der Waals surface area (Å²) in [5, 5.41) is 2.60. The van der Waals surface area contributed by atoms with E-state index in [4.69, 9.17) is 10.6 Å². The van der Waals surface area contributed by atoms with Crippen molar-refractivity contribution in [3.63, 3.8) is 0 Å². The van der Waals surface area contributed by atoms with Crippen LogP contribution in [0.4, 0.5) is 14.5 Å². The molecule has 104 valence electrons. The molecule has 0 aliphatic carbocycles. The van der Waals surface area contributed by atoms with Crippen LogP contribution in [0.15, 0.2) is 36.1 Å². The lowest BCUT2D eigenvalue weighted by atomic mass is 10.2. The topological polar surface area (TPSA) is 72.2 Å². The van der Waals surface area contributed by atoms with E-state index in [1.54, 1.807) is 14.0 Å². The number of anilines is 1. The summed E-state index contributed by atoms with van der Waals surface area (Å²) < 4.78 is 31.3. The Labute approximate surface area is 110 Å². The quantitative estimate of drug-likeness (QED) is 0.319. The zero-order chi connectivity index (χ0) is 14.3. The Hall–Kier alpha value is -2.15. The number of nitrogens with one attached hydrogen (secondary N) is 2. The van der Waals surface area contributed by atoms with E-state index in [-0.39, 0.29) is 5.88 Å². The van der Waals surface area contributed by atoms with Gasteiger partial charge in [0.25, 0.3) is 0 Å². The lowest BCUT2D eigenvalue weighted by Gasteiger charge is -2.09. The molecule has 0 amide bonds. The molecule has 0 saturated carbocycles. The normalized spacial score (nSPS) is 12.3. The minimum absolute atomic E-state index is 0.0946. The zero-order valence-electron chi connectivity index (χ0n) is 10.7. The first-order chi connectivity index (χ1) is 9.12. The summed E-state index contributed by atoms with van der Waals surface area (Å²) in [7, 11) is 1.60. The SMILES string of the molecule is CN/C=C\C(F)=C(/CF)Oc1cc(C)c(NN)cn1. The minimum atomic E-state index is -1.07. The number of nitrogens with two attached hydrogens (primary N) is 1. The fourth-order valence-electron chi connectivity index (χ4n) is 1.25. The largest absolute Gasteiger partial charge is 0.438 e. The monoisotopic (exact) mass is 270 g/mol. The molecular weight excluding hydrogens is 254 g/mol. The predicted octanol–water partition coefficient (Wildman–Crippen LogP) is 1.94. The molecule has 0 unspecified atom stereocenters. The van der Waals surface area contributed by atoms with Gasteiger partial charge in [-0.3, -0.25) is 5.84 Å². The van der Waals surface area contributed by atoms with Crippen LogP contribution in [0.1, 0.15) is 5.56 Å². The summed E-state index contributed by atoms with van der Waals surface area (Å²) in [5.41, 5.74) is 3.80. The molecule has 0 radical (unpaired) electrons. The van der Waals surface area contributed by atoms with Crippen LogP contribution >= 0.6 is 0 Å². The summed E-state index contributed by atoms with van der Waals surface area (Å²) in [6, 6.07) is 1.53. The average Bonchev–Trinajstić information content (AvgIpc) is 2.42. The number of halogens is 2. The van der Waals surface area contributed by atoms with E-state index in [2.05, 4.69) is 15.7 Å². The van der Waals surface area contributed by atoms with Crippen molar-refractivity contribution < 1.29 is 13.5 Å². The van der Waals surface area contributed by atoms with Gasteiger partial charge in [0.2, 0.25) is 5.88 Å². The van der Waals surface area contributed by atoms with Crippen LogP contribution in [-0.4, -0.2) is 18.7 Å². The van der Waals surface area contributed by atoms with Gasteiger partial charge < -0.3 is 15.5 Å². The number of aromatic nitrogens is 1. The summed E-state index contributed by atoms with van der Waals surface area (Å²) in [6.45, 7) is 0.692. The summed E-state index contributed by atoms with van der Waals surface area (Å²) >= 11 is 0. The van der Waals surface area contributed by atoms with E-state index >= 15 is 0 Å². The van der Waals surface area contributed by atoms with Gasteiger partial charge in [0.1, 0.15) is 0 Å². The second-order valence-corrected chi connectivity index (χ2v) is 3.61. The molecule has 0 aromatic carbocycles. The molecule has 19 heavy (non-hydrogen) atoms. The molecule has 0 bridgehead atoms. The molecule has 1 aromatic rings. The first-order valence-electron chi connectivity index (χ1n) is 5.52. The van der Waals surface area contributed by atoms with Gasteiger partial charge in [0.15, 0.2) is 18.3 Å². The van der Waals surface area contributed by atoms with Gasteiger partial charge in [-0.25, -0.2) is 13.8 Å². The summed E-state index contributed by atoms with van der Waals surface area (Å²) in [6.07, 6.45) is 3.81. The smallest absolute Gasteiger partial charge is 0.219 e. The first-order valence-corrected chi connectivity index (χ1v) is 5.52. The molecule has 0 aliphatic rings. The number of nitrogens with zero attached hydrogens (tertiary/aromatic N) is 1. The minimum Gasteiger partial charge on any atom is -0.438 e. The third-order valence-electron chi connectivity index (χ3n) is 2.25. The lowest BCUT2D eigenvalue weighted by molar-refractivity contribution is 0.330. The molecule has 7 heteroatoms. The Bertz CT molecular complexity index is 489. The molecular formula is C12H16F2N4O. The van der Waals surface area contributed by atoms with Crippen LogP contribution in [0.5, 0.6) is 5.88 Å². The summed E-state index contributed by atoms with van der Waals surface area (Å²) in [4.78, 5) is 3.89. The molecule has 1 rings (SSSR count). The molecule has 1 aromatic heterocycles. The number of hydrazine groups is 1. The van der Waals surface area contributed by atoms with Gasteiger partial charge in [0.05, 0.1) is 11.9 Å². The maximum Gasteiger partial charge on any atom is 0.219 e. The van der Waals surface area contributed by atoms with Crippen molar-refractivity contribution in [2.45, 2.75) is 6.92 Å². The molecule has 0 atom stereocenters. The van der Waals surface area contributed by atoms with Crippen molar-refractivity contribution in [3.05, 3.63) is 41.7 Å². The molecule has 0 aliphatic heterocycles. The highest BCUT2D eigenvalue weighted by Gasteiger charge is 2.09. The average molecular weight is 270 g/mol. The Morgan fingerprint density at radius 2 is 2.32 bits per heavy atom. The third kappa shape index (κ3) is 4.22. The molecule has 4 N–H and O–H groups in total. The molecule has 0 saturated heterocycles. The Balaban J connectivity index is 2.93. The third-order valence-corrected chi connectivity index (χ3v) is 2.25. The number of alkyl halides is 1. The standard InChI is InChI=1S/C12H16F2N4O/c1-8-5-12(17-7-10(8)18-15)19-11(6-13)9(14)3-4-16-2/h3-5,7,16,18H,6,15H2,1-2H3/b4-3-,11-9-. The number of aryl methyl sites for hydroxylation is 1. The van der Waals surface area contributed by atoms with Crippen molar-refractivity contribution in [2.24, 2.45) is 5.84 Å². The van der Waals surface area contributed by atoms with E-state index in [1.165, 1.54) is 18.5 Å². The Morgan fingerprint density at radius 1 is 1.58 bits per heavy atom. The van der Waals surface area contributed by atoms with Gasteiger partial charge >= 0.3 is 0 Å². The second-order valence-electron chi connectivity index (χ2n) is 3.61. The van der Waals surface area contributed by atoms with E-state index in [1.807, 2.05) is 0 Å². The van der Waals surface area contributed by atoms with Crippen LogP contribution in [0, 0.1) is 6.92 Å². The van der Waals surface area contributed by atoms with E-state index in [0.717, 1.165) is 11.6 Å². The molecule has 0 spiro atoms. The van der Waals surface area contributed by atoms with Crippen molar-refractivity contribution >= 4 is 5.69 Å². The van der Waals surface area contributed by atoms with Crippen molar-refractivity contribution in [3.8, 4) is 5.88 Å². The number of hydrogen-bond acceptors (Lipinski definition) is 5. The predicted molar refractivity (Wildman–Crippen MR) is 69.7 cm³/mol. The number of nitrogen functional groups attached to an aromatic ring is 1. The van der Waals surface area contributed by atoms with E-state index in [0.29, 0.717) is 5.69 Å². The number of pyridine rings is 1. The first kappa shape index (κ1) is 14.9. The molecule has 1 heterocycles. The number of ether oxygens (including phenoxy) is 1. The highest BCUT2D eigenvalue weighted by molar-refractivity contribution is 5.49. The van der Waals surface area contributed by atoms with E-state index < -0.39 is 18.3 Å². The zero-order valence-corrected chi connectivity index (χ0v) is 10.7. The fraction of sp³-hybridized carbons (Fsp3) is 0.250. The van der Waals surface area contributed by atoms with Gasteiger partial charge in [0, 0.05) is 13.1 Å². The van der Waals surface area contributed by atoms with Crippen molar-refractivity contribution in [1.29, 1.82) is 0 Å². The highest BCUT2D eigenvalue weighted by atomic mass is 19.1. The van der Waals surface area contributed by atoms with Crippen molar-refractivity contribution in [1.82, 2.24) is 10.3 Å². The second kappa shape index (κ2) is 7.32. The van der Waals surface area contributed by atoms with Gasteiger partial charge in [-0.1, -0.05) is 0 Å². The highest BCUT2D eigenvalue weighted by Crippen LogP contribution is 2.20. The van der Waals surface area contributed by atoms with Gasteiger partial charge in [-0.2, -0.15) is 0 Å². The van der Waals surface area contributed by atoms with Crippen LogP contribution in [-0.2, 0) is 0 Å². The Morgan fingerprint density at radius 3 is 2.84 bits per heavy atom. The number of allylic oxidation sites excluding steroid dienone is 3. The number of rotatable bonds is 6. The maximum atomic E-state index is 13.5. The lowest BCUT2D eigenvalue weighted by Crippen LogP contribution is -2.09.